The Morgan fingerprint density at radius 1 is 1.03 bits per heavy atom. The molecule has 2 amide bonds. The highest BCUT2D eigenvalue weighted by atomic mass is 16.5. The fraction of sp³-hybridized carbons (Fsp3) is 0.393. The van der Waals surface area contributed by atoms with Gasteiger partial charge in [-0.1, -0.05) is 55.3 Å². The number of unbranched alkanes of at least 4 members (excludes halogenated alkanes) is 1. The maximum absolute atomic E-state index is 13.2. The van der Waals surface area contributed by atoms with Gasteiger partial charge in [0.2, 0.25) is 5.91 Å². The summed E-state index contributed by atoms with van der Waals surface area (Å²) in [6.45, 7) is 8.92. The third-order valence-corrected chi connectivity index (χ3v) is 6.17. The summed E-state index contributed by atoms with van der Waals surface area (Å²) in [4.78, 5) is 40.0. The van der Waals surface area contributed by atoms with Crippen LogP contribution in [0.3, 0.4) is 0 Å². The molecule has 1 N–H and O–H groups in total. The van der Waals surface area contributed by atoms with E-state index in [1.54, 1.807) is 30.9 Å². The number of hydrogen-bond donors (Lipinski definition) is 1. The Bertz CT molecular complexity index is 1050. The zero-order chi connectivity index (χ0) is 24.7. The number of benzene rings is 2. The summed E-state index contributed by atoms with van der Waals surface area (Å²) in [5.41, 5.74) is 4.66. The van der Waals surface area contributed by atoms with E-state index in [1.807, 2.05) is 43.3 Å². The Kier molecular flexibility index (Phi) is 8.63. The highest BCUT2D eigenvalue weighted by Crippen LogP contribution is 2.37. The lowest BCUT2D eigenvalue weighted by atomic mass is 9.83. The van der Waals surface area contributed by atoms with Crippen LogP contribution in [0.15, 0.2) is 59.8 Å². The van der Waals surface area contributed by atoms with E-state index in [1.165, 1.54) is 0 Å². The molecule has 0 spiro atoms. The van der Waals surface area contributed by atoms with Crippen molar-refractivity contribution in [2.45, 2.75) is 59.4 Å². The molecule has 0 aliphatic carbocycles. The van der Waals surface area contributed by atoms with Crippen molar-refractivity contribution in [3.63, 3.8) is 0 Å². The highest BCUT2D eigenvalue weighted by molar-refractivity contribution is 5.96. The molecule has 0 radical (unpaired) electrons. The van der Waals surface area contributed by atoms with Gasteiger partial charge in [0, 0.05) is 30.1 Å². The van der Waals surface area contributed by atoms with Gasteiger partial charge in [-0.15, -0.1) is 0 Å². The summed E-state index contributed by atoms with van der Waals surface area (Å²) >= 11 is 0. The fourth-order valence-electron chi connectivity index (χ4n) is 4.19. The number of nitrogens with zero attached hydrogens (tertiary/aromatic N) is 1. The van der Waals surface area contributed by atoms with E-state index in [4.69, 9.17) is 4.74 Å². The molecule has 34 heavy (non-hydrogen) atoms. The van der Waals surface area contributed by atoms with Gasteiger partial charge in [-0.05, 0) is 50.5 Å². The first-order chi connectivity index (χ1) is 16.3. The minimum absolute atomic E-state index is 0.0440. The van der Waals surface area contributed by atoms with Gasteiger partial charge < -0.3 is 15.0 Å². The number of rotatable bonds is 9. The van der Waals surface area contributed by atoms with Gasteiger partial charge in [-0.25, -0.2) is 4.79 Å². The lowest BCUT2D eigenvalue weighted by Gasteiger charge is -2.34. The second-order valence-corrected chi connectivity index (χ2v) is 8.67. The molecule has 0 unspecified atom stereocenters. The second-order valence-electron chi connectivity index (χ2n) is 8.67. The molecule has 6 heteroatoms. The standard InChI is InChI=1S/C28H34N2O4/c1-5-7-16-29-27(32)23-14-10-21(11-15-23)18-30-20(4)26(28(33)34-6-2)24(17-25(30)31)22-12-8-19(3)9-13-22/h8-15,24H,5-7,16-18H2,1-4H3,(H,29,32)/t24-/m1/s1. The molecule has 2 aromatic rings. The van der Waals surface area contributed by atoms with Crippen LogP contribution in [0, 0.1) is 6.92 Å². The van der Waals surface area contributed by atoms with E-state index in [-0.39, 0.29) is 36.7 Å². The quantitative estimate of drug-likeness (QED) is 0.426. The first-order valence-corrected chi connectivity index (χ1v) is 12.0. The average Bonchev–Trinajstić information content (AvgIpc) is 2.82. The third-order valence-electron chi connectivity index (χ3n) is 6.17. The van der Waals surface area contributed by atoms with Crippen LogP contribution < -0.4 is 5.32 Å². The molecular formula is C28H34N2O4. The number of nitrogens with one attached hydrogen (secondary N) is 1. The van der Waals surface area contributed by atoms with Gasteiger partial charge in [-0.3, -0.25) is 9.59 Å². The molecule has 2 aromatic carbocycles. The lowest BCUT2D eigenvalue weighted by Crippen LogP contribution is -2.38. The van der Waals surface area contributed by atoms with Gasteiger partial charge in [0.05, 0.1) is 18.7 Å². The smallest absolute Gasteiger partial charge is 0.336 e. The predicted octanol–water partition coefficient (Wildman–Crippen LogP) is 4.88. The molecule has 0 saturated heterocycles. The van der Waals surface area contributed by atoms with Gasteiger partial charge in [-0.2, -0.15) is 0 Å². The molecule has 3 rings (SSSR count). The van der Waals surface area contributed by atoms with Gasteiger partial charge >= 0.3 is 5.97 Å². The number of carbonyl (C=O) groups excluding carboxylic acids is 3. The Morgan fingerprint density at radius 2 is 1.71 bits per heavy atom. The summed E-state index contributed by atoms with van der Waals surface area (Å²) in [6.07, 6.45) is 2.17. The minimum Gasteiger partial charge on any atom is -0.463 e. The largest absolute Gasteiger partial charge is 0.463 e. The van der Waals surface area contributed by atoms with Crippen LogP contribution in [0.2, 0.25) is 0 Å². The fourth-order valence-corrected chi connectivity index (χ4v) is 4.19. The SMILES string of the molecule is CCCCNC(=O)c1ccc(CN2C(=O)C[C@H](c3ccc(C)cc3)C(C(=O)OCC)=C2C)cc1. The number of aryl methyl sites for hydroxylation is 1. The number of ether oxygens (including phenoxy) is 1. The summed E-state index contributed by atoms with van der Waals surface area (Å²) in [6, 6.07) is 15.2. The Morgan fingerprint density at radius 3 is 2.32 bits per heavy atom. The number of amides is 2. The van der Waals surface area contributed by atoms with Crippen LogP contribution >= 0.6 is 0 Å². The van der Waals surface area contributed by atoms with Crippen LogP contribution in [0.4, 0.5) is 0 Å². The molecule has 0 fully saturated rings. The van der Waals surface area contributed by atoms with Gasteiger partial charge in [0.25, 0.3) is 5.91 Å². The maximum atomic E-state index is 13.2. The molecule has 180 valence electrons. The summed E-state index contributed by atoms with van der Waals surface area (Å²) in [5.74, 6) is -0.868. The molecule has 6 nitrogen and oxygen atoms in total. The lowest BCUT2D eigenvalue weighted by molar-refractivity contribution is -0.140. The second kappa shape index (κ2) is 11.6. The van der Waals surface area contributed by atoms with Crippen molar-refractivity contribution in [2.75, 3.05) is 13.2 Å². The first kappa shape index (κ1) is 25.2. The summed E-state index contributed by atoms with van der Waals surface area (Å²) in [7, 11) is 0. The van der Waals surface area contributed by atoms with Gasteiger partial charge in [0.15, 0.2) is 0 Å². The topological polar surface area (TPSA) is 75.7 Å². The molecular weight excluding hydrogens is 428 g/mol. The van der Waals surface area contributed by atoms with Crippen molar-refractivity contribution in [1.29, 1.82) is 0 Å². The number of esters is 1. The zero-order valence-electron chi connectivity index (χ0n) is 20.5. The number of allylic oxidation sites excluding steroid dienone is 1. The van der Waals surface area contributed by atoms with Crippen LogP contribution in [-0.4, -0.2) is 35.8 Å². The van der Waals surface area contributed by atoms with E-state index in [2.05, 4.69) is 12.2 Å². The van der Waals surface area contributed by atoms with Crippen molar-refractivity contribution < 1.29 is 19.1 Å². The van der Waals surface area contributed by atoms with Crippen molar-refractivity contribution >= 4 is 17.8 Å². The molecule has 0 aromatic heterocycles. The number of hydrogen-bond acceptors (Lipinski definition) is 4. The Labute approximate surface area is 202 Å². The van der Waals surface area contributed by atoms with Crippen LogP contribution in [0.1, 0.15) is 73.0 Å². The normalized spacial score (nSPS) is 15.9. The molecule has 0 bridgehead atoms. The van der Waals surface area contributed by atoms with E-state index in [9.17, 15) is 14.4 Å². The Balaban J connectivity index is 1.85. The highest BCUT2D eigenvalue weighted by Gasteiger charge is 2.36. The van der Waals surface area contributed by atoms with Gasteiger partial charge in [0.1, 0.15) is 0 Å². The third kappa shape index (κ3) is 5.93. The van der Waals surface area contributed by atoms with Crippen LogP contribution in [0.25, 0.3) is 0 Å². The van der Waals surface area contributed by atoms with E-state index < -0.39 is 0 Å². The molecule has 1 aliphatic heterocycles. The number of carbonyl (C=O) groups is 3. The molecule has 1 aliphatic rings. The average molecular weight is 463 g/mol. The summed E-state index contributed by atoms with van der Waals surface area (Å²) < 4.78 is 5.36. The zero-order valence-corrected chi connectivity index (χ0v) is 20.5. The van der Waals surface area contributed by atoms with Crippen molar-refractivity contribution in [2.24, 2.45) is 0 Å². The van der Waals surface area contributed by atoms with E-state index in [0.29, 0.717) is 29.9 Å². The minimum atomic E-state index is -0.387. The van der Waals surface area contributed by atoms with Crippen LogP contribution in [0.5, 0.6) is 0 Å². The first-order valence-electron chi connectivity index (χ1n) is 12.0. The Hall–Kier alpha value is -3.41. The van der Waals surface area contributed by atoms with Crippen LogP contribution in [-0.2, 0) is 20.9 Å². The van der Waals surface area contributed by atoms with Crippen molar-refractivity contribution in [3.8, 4) is 0 Å². The van der Waals surface area contributed by atoms with E-state index >= 15 is 0 Å². The molecule has 1 heterocycles. The van der Waals surface area contributed by atoms with E-state index in [0.717, 1.165) is 29.5 Å². The summed E-state index contributed by atoms with van der Waals surface area (Å²) in [5, 5.41) is 2.91. The molecule has 1 atom stereocenters. The predicted molar refractivity (Wildman–Crippen MR) is 132 cm³/mol. The monoisotopic (exact) mass is 462 g/mol. The van der Waals surface area contributed by atoms with Crippen molar-refractivity contribution in [1.82, 2.24) is 10.2 Å². The van der Waals surface area contributed by atoms with Crippen molar-refractivity contribution in [3.05, 3.63) is 82.1 Å². The molecule has 0 saturated carbocycles. The maximum Gasteiger partial charge on any atom is 0.336 e.